The van der Waals surface area contributed by atoms with Gasteiger partial charge in [-0.25, -0.2) is 0 Å². The Kier molecular flexibility index (Phi) is 4.40. The molecule has 0 amide bonds. The van der Waals surface area contributed by atoms with Crippen LogP contribution in [0.15, 0.2) is 48.5 Å². The first-order valence-corrected chi connectivity index (χ1v) is 5.23. The summed E-state index contributed by atoms with van der Waals surface area (Å²) in [6.07, 6.45) is 0. The first kappa shape index (κ1) is 12.1. The lowest BCUT2D eigenvalue weighted by atomic mass is 10.1. The zero-order valence-electron chi connectivity index (χ0n) is 9.77. The van der Waals surface area contributed by atoms with Crippen molar-refractivity contribution in [1.82, 2.24) is 0 Å². The van der Waals surface area contributed by atoms with Gasteiger partial charge in [0, 0.05) is 11.4 Å². The molecule has 0 aromatic heterocycles. The fraction of sp³-hybridized carbons (Fsp3) is 0.143. The Labute approximate surface area is 96.9 Å². The van der Waals surface area contributed by atoms with Gasteiger partial charge in [-0.1, -0.05) is 30.3 Å². The first-order valence-electron chi connectivity index (χ1n) is 5.23. The van der Waals surface area contributed by atoms with Gasteiger partial charge in [-0.3, -0.25) is 0 Å². The zero-order chi connectivity index (χ0) is 12.0. The molecule has 0 atom stereocenters. The SMILES string of the molecule is Cc1ccccc1C.Nc1cccc(N)c1. The van der Waals surface area contributed by atoms with Crippen molar-refractivity contribution in [3.05, 3.63) is 59.7 Å². The Morgan fingerprint density at radius 1 is 0.688 bits per heavy atom. The second kappa shape index (κ2) is 5.81. The molecule has 2 heteroatoms. The lowest BCUT2D eigenvalue weighted by Gasteiger charge is -1.93. The summed E-state index contributed by atoms with van der Waals surface area (Å²) in [5, 5.41) is 0. The molecule has 16 heavy (non-hydrogen) atoms. The number of anilines is 2. The number of nitrogens with two attached hydrogens (primary N) is 2. The van der Waals surface area contributed by atoms with E-state index in [-0.39, 0.29) is 0 Å². The molecule has 2 rings (SSSR count). The van der Waals surface area contributed by atoms with Crippen LogP contribution >= 0.6 is 0 Å². The van der Waals surface area contributed by atoms with Crippen LogP contribution in [0, 0.1) is 13.8 Å². The van der Waals surface area contributed by atoms with Crippen molar-refractivity contribution in [3.63, 3.8) is 0 Å². The van der Waals surface area contributed by atoms with E-state index in [4.69, 9.17) is 11.5 Å². The van der Waals surface area contributed by atoms with Crippen LogP contribution in [-0.2, 0) is 0 Å². The van der Waals surface area contributed by atoms with Crippen molar-refractivity contribution < 1.29 is 0 Å². The van der Waals surface area contributed by atoms with Gasteiger partial charge in [0.1, 0.15) is 0 Å². The molecule has 0 radical (unpaired) electrons. The summed E-state index contributed by atoms with van der Waals surface area (Å²) in [6.45, 7) is 4.24. The van der Waals surface area contributed by atoms with E-state index in [1.54, 1.807) is 18.2 Å². The standard InChI is InChI=1S/C8H10.C6H8N2/c1-7-5-3-4-6-8(7)2;7-5-2-1-3-6(8)4-5/h3-6H,1-2H3;1-4H,7-8H2. The van der Waals surface area contributed by atoms with Gasteiger partial charge in [-0.2, -0.15) is 0 Å². The van der Waals surface area contributed by atoms with Gasteiger partial charge >= 0.3 is 0 Å². The van der Waals surface area contributed by atoms with Crippen molar-refractivity contribution in [1.29, 1.82) is 0 Å². The minimum atomic E-state index is 0.713. The van der Waals surface area contributed by atoms with Crippen LogP contribution in [0.2, 0.25) is 0 Å². The third-order valence-electron chi connectivity index (χ3n) is 2.34. The van der Waals surface area contributed by atoms with Gasteiger partial charge < -0.3 is 11.5 Å². The van der Waals surface area contributed by atoms with Crippen LogP contribution in [0.3, 0.4) is 0 Å². The molecule has 2 aromatic carbocycles. The largest absolute Gasteiger partial charge is 0.399 e. The Morgan fingerprint density at radius 3 is 1.38 bits per heavy atom. The highest BCUT2D eigenvalue weighted by Gasteiger charge is 1.84. The van der Waals surface area contributed by atoms with Crippen molar-refractivity contribution in [2.75, 3.05) is 11.5 Å². The van der Waals surface area contributed by atoms with E-state index < -0.39 is 0 Å². The van der Waals surface area contributed by atoms with Crippen molar-refractivity contribution in [2.45, 2.75) is 13.8 Å². The molecular weight excluding hydrogens is 196 g/mol. The number of nitrogen functional groups attached to an aromatic ring is 2. The Hall–Kier alpha value is -1.96. The maximum absolute atomic E-state index is 5.38. The quantitative estimate of drug-likeness (QED) is 0.662. The molecule has 0 saturated heterocycles. The summed E-state index contributed by atoms with van der Waals surface area (Å²) in [4.78, 5) is 0. The van der Waals surface area contributed by atoms with E-state index in [1.807, 2.05) is 6.07 Å². The topological polar surface area (TPSA) is 52.0 Å². The summed E-state index contributed by atoms with van der Waals surface area (Å²) < 4.78 is 0. The van der Waals surface area contributed by atoms with E-state index in [1.165, 1.54) is 11.1 Å². The van der Waals surface area contributed by atoms with E-state index in [0.717, 1.165) is 0 Å². The average molecular weight is 214 g/mol. The maximum Gasteiger partial charge on any atom is 0.0334 e. The molecule has 4 N–H and O–H groups in total. The molecule has 0 fully saturated rings. The maximum atomic E-state index is 5.38. The van der Waals surface area contributed by atoms with Gasteiger partial charge in [0.05, 0.1) is 0 Å². The van der Waals surface area contributed by atoms with Gasteiger partial charge in [0.15, 0.2) is 0 Å². The number of hydrogen-bond acceptors (Lipinski definition) is 2. The smallest absolute Gasteiger partial charge is 0.0334 e. The highest BCUT2D eigenvalue weighted by molar-refractivity contribution is 5.50. The number of benzene rings is 2. The van der Waals surface area contributed by atoms with E-state index in [0.29, 0.717) is 11.4 Å². The number of rotatable bonds is 0. The second-order valence-electron chi connectivity index (χ2n) is 3.75. The van der Waals surface area contributed by atoms with Crippen LogP contribution in [0.5, 0.6) is 0 Å². The predicted octanol–water partition coefficient (Wildman–Crippen LogP) is 3.15. The normalized spacial score (nSPS) is 9.12. The molecule has 0 saturated carbocycles. The predicted molar refractivity (Wildman–Crippen MR) is 71.2 cm³/mol. The van der Waals surface area contributed by atoms with Crippen LogP contribution in [0.4, 0.5) is 11.4 Å². The van der Waals surface area contributed by atoms with E-state index in [2.05, 4.69) is 38.1 Å². The van der Waals surface area contributed by atoms with Gasteiger partial charge in [-0.15, -0.1) is 0 Å². The van der Waals surface area contributed by atoms with Crippen LogP contribution in [0.1, 0.15) is 11.1 Å². The molecule has 0 heterocycles. The fourth-order valence-electron chi connectivity index (χ4n) is 1.22. The minimum absolute atomic E-state index is 0.713. The third-order valence-corrected chi connectivity index (χ3v) is 2.34. The summed E-state index contributed by atoms with van der Waals surface area (Å²) in [5.41, 5.74) is 14.9. The van der Waals surface area contributed by atoms with Crippen molar-refractivity contribution in [3.8, 4) is 0 Å². The Bertz CT molecular complexity index is 412. The molecule has 2 aromatic rings. The zero-order valence-corrected chi connectivity index (χ0v) is 9.77. The Balaban J connectivity index is 0.000000160. The summed E-state index contributed by atoms with van der Waals surface area (Å²) in [6, 6.07) is 15.5. The van der Waals surface area contributed by atoms with Crippen LogP contribution in [-0.4, -0.2) is 0 Å². The third kappa shape index (κ3) is 4.05. The van der Waals surface area contributed by atoms with Gasteiger partial charge in [0.2, 0.25) is 0 Å². The number of aryl methyl sites for hydroxylation is 2. The molecule has 0 unspecified atom stereocenters. The Morgan fingerprint density at radius 2 is 1.12 bits per heavy atom. The molecule has 0 spiro atoms. The van der Waals surface area contributed by atoms with Crippen LogP contribution in [0.25, 0.3) is 0 Å². The molecule has 0 aliphatic heterocycles. The van der Waals surface area contributed by atoms with Crippen molar-refractivity contribution >= 4 is 11.4 Å². The van der Waals surface area contributed by atoms with Gasteiger partial charge in [0.25, 0.3) is 0 Å². The summed E-state index contributed by atoms with van der Waals surface area (Å²) in [5.74, 6) is 0. The number of hydrogen-bond donors (Lipinski definition) is 2. The highest BCUT2D eigenvalue weighted by Crippen LogP contribution is 2.06. The molecule has 2 nitrogen and oxygen atoms in total. The van der Waals surface area contributed by atoms with E-state index >= 15 is 0 Å². The van der Waals surface area contributed by atoms with Gasteiger partial charge in [-0.05, 0) is 43.2 Å². The molecule has 84 valence electrons. The lowest BCUT2D eigenvalue weighted by Crippen LogP contribution is -1.87. The average Bonchev–Trinajstić information content (AvgIpc) is 2.23. The molecule has 0 bridgehead atoms. The van der Waals surface area contributed by atoms with E-state index in [9.17, 15) is 0 Å². The van der Waals surface area contributed by atoms with Crippen LogP contribution < -0.4 is 11.5 Å². The molecule has 0 aliphatic rings. The first-order chi connectivity index (χ1) is 7.59. The van der Waals surface area contributed by atoms with Crippen molar-refractivity contribution in [2.24, 2.45) is 0 Å². The molecule has 0 aliphatic carbocycles. The monoisotopic (exact) mass is 214 g/mol. The highest BCUT2D eigenvalue weighted by atomic mass is 14.6. The fourth-order valence-corrected chi connectivity index (χ4v) is 1.22. The summed E-state index contributed by atoms with van der Waals surface area (Å²) >= 11 is 0. The minimum Gasteiger partial charge on any atom is -0.399 e. The second-order valence-corrected chi connectivity index (χ2v) is 3.75. The summed E-state index contributed by atoms with van der Waals surface area (Å²) in [7, 11) is 0. The molecular formula is C14H18N2. The lowest BCUT2D eigenvalue weighted by molar-refractivity contribution is 1.34.